The molecule has 1 N–H and O–H groups in total. The lowest BCUT2D eigenvalue weighted by Gasteiger charge is -2.38. The van der Waals surface area contributed by atoms with Gasteiger partial charge in [0, 0.05) is 38.6 Å². The minimum Gasteiger partial charge on any atom is -0.497 e. The second kappa shape index (κ2) is 9.63. The highest BCUT2D eigenvalue weighted by molar-refractivity contribution is 6.08. The molecular weight excluding hydrogens is 412 g/mol. The van der Waals surface area contributed by atoms with Crippen LogP contribution in [0.1, 0.15) is 18.5 Å². The van der Waals surface area contributed by atoms with Crippen LogP contribution >= 0.6 is 0 Å². The van der Waals surface area contributed by atoms with Crippen LogP contribution in [0.3, 0.4) is 0 Å². The summed E-state index contributed by atoms with van der Waals surface area (Å²) < 4.78 is 10.4. The van der Waals surface area contributed by atoms with Gasteiger partial charge in [0.2, 0.25) is 17.8 Å². The predicted octanol–water partition coefficient (Wildman–Crippen LogP) is 1.01. The number of hydrogen-bond acceptors (Lipinski definition) is 9. The number of aromatic nitrogens is 2. The number of nitrogens with one attached hydrogen (secondary N) is 1. The van der Waals surface area contributed by atoms with Crippen LogP contribution < -0.4 is 15.0 Å². The van der Waals surface area contributed by atoms with E-state index in [2.05, 4.69) is 20.2 Å². The molecule has 168 valence electrons. The Morgan fingerprint density at radius 2 is 1.75 bits per heavy atom. The Hall–Kier alpha value is -3.69. The Morgan fingerprint density at radius 3 is 2.38 bits per heavy atom. The SMILES string of the molecule is CCOC(=O)[C@@H]1C(=O)NC(N2CCN(c3ncccn3)CC2)=N[C@H]1c1ccc(OC)cc1. The van der Waals surface area contributed by atoms with Crippen LogP contribution in [-0.4, -0.2) is 72.6 Å². The Kier molecular flexibility index (Phi) is 6.48. The molecule has 0 radical (unpaired) electrons. The van der Waals surface area contributed by atoms with Gasteiger partial charge in [-0.3, -0.25) is 14.9 Å². The number of anilines is 1. The first-order chi connectivity index (χ1) is 15.6. The van der Waals surface area contributed by atoms with Crippen LogP contribution in [0.5, 0.6) is 5.75 Å². The molecule has 0 unspecified atom stereocenters. The number of guanidine groups is 1. The summed E-state index contributed by atoms with van der Waals surface area (Å²) in [5.74, 6) is -0.218. The molecule has 3 heterocycles. The number of methoxy groups -OCH3 is 1. The van der Waals surface area contributed by atoms with Gasteiger partial charge < -0.3 is 19.3 Å². The van der Waals surface area contributed by atoms with E-state index in [9.17, 15) is 9.59 Å². The second-order valence-corrected chi connectivity index (χ2v) is 7.41. The van der Waals surface area contributed by atoms with Crippen molar-refractivity contribution in [2.45, 2.75) is 13.0 Å². The molecule has 0 spiro atoms. The Labute approximate surface area is 186 Å². The summed E-state index contributed by atoms with van der Waals surface area (Å²) in [7, 11) is 1.58. The number of piperazine rings is 1. The molecule has 1 amide bonds. The Bertz CT molecular complexity index is 974. The molecule has 2 atom stereocenters. The number of hydrogen-bond donors (Lipinski definition) is 1. The largest absolute Gasteiger partial charge is 0.497 e. The summed E-state index contributed by atoms with van der Waals surface area (Å²) in [5.41, 5.74) is 0.743. The summed E-state index contributed by atoms with van der Waals surface area (Å²) in [6, 6.07) is 8.32. The maximum absolute atomic E-state index is 13.0. The minimum absolute atomic E-state index is 0.192. The fourth-order valence-electron chi connectivity index (χ4n) is 3.84. The molecule has 1 aromatic heterocycles. The average molecular weight is 438 g/mol. The maximum Gasteiger partial charge on any atom is 0.321 e. The predicted molar refractivity (Wildman–Crippen MR) is 117 cm³/mol. The van der Waals surface area contributed by atoms with Crippen molar-refractivity contribution in [3.63, 3.8) is 0 Å². The van der Waals surface area contributed by atoms with Gasteiger partial charge in [0.05, 0.1) is 13.7 Å². The molecule has 0 bridgehead atoms. The van der Waals surface area contributed by atoms with Gasteiger partial charge in [0.25, 0.3) is 0 Å². The normalized spacial score (nSPS) is 20.9. The first-order valence-electron chi connectivity index (χ1n) is 10.6. The molecule has 0 aliphatic carbocycles. The number of rotatable bonds is 5. The number of amides is 1. The van der Waals surface area contributed by atoms with Crippen molar-refractivity contribution in [1.82, 2.24) is 20.2 Å². The second-order valence-electron chi connectivity index (χ2n) is 7.41. The van der Waals surface area contributed by atoms with Gasteiger partial charge >= 0.3 is 5.97 Å². The lowest BCUT2D eigenvalue weighted by atomic mass is 9.91. The zero-order chi connectivity index (χ0) is 22.5. The first-order valence-corrected chi connectivity index (χ1v) is 10.6. The highest BCUT2D eigenvalue weighted by Gasteiger charge is 2.42. The molecule has 1 saturated heterocycles. The standard InChI is InChI=1S/C22H26N6O4/c1-3-32-20(30)17-18(15-5-7-16(31-2)8-6-15)25-22(26-19(17)29)28-13-11-27(12-14-28)21-23-9-4-10-24-21/h4-10,17-18H,3,11-14H2,1-2H3,(H,25,26,29)/t17-,18-/m0/s1. The highest BCUT2D eigenvalue weighted by atomic mass is 16.5. The van der Waals surface area contributed by atoms with Crippen molar-refractivity contribution in [1.29, 1.82) is 0 Å². The number of carbonyl (C=O) groups is 2. The lowest BCUT2D eigenvalue weighted by Crippen LogP contribution is -2.57. The Morgan fingerprint density at radius 1 is 1.09 bits per heavy atom. The van der Waals surface area contributed by atoms with E-state index in [4.69, 9.17) is 14.5 Å². The van der Waals surface area contributed by atoms with Gasteiger partial charge in [-0.2, -0.15) is 0 Å². The minimum atomic E-state index is -1.05. The number of aliphatic imine (C=N–C) groups is 1. The number of esters is 1. The third-order valence-corrected chi connectivity index (χ3v) is 5.51. The Balaban J connectivity index is 1.56. The topological polar surface area (TPSA) is 109 Å². The third-order valence-electron chi connectivity index (χ3n) is 5.51. The van der Waals surface area contributed by atoms with E-state index in [0.29, 0.717) is 43.8 Å². The molecule has 2 aliphatic rings. The number of benzene rings is 1. The third kappa shape index (κ3) is 4.48. The lowest BCUT2D eigenvalue weighted by molar-refractivity contribution is -0.153. The van der Waals surface area contributed by atoms with Crippen LogP contribution in [0.25, 0.3) is 0 Å². The van der Waals surface area contributed by atoms with Crippen LogP contribution in [-0.2, 0) is 14.3 Å². The molecule has 0 saturated carbocycles. The monoisotopic (exact) mass is 438 g/mol. The molecule has 1 aromatic carbocycles. The fraction of sp³-hybridized carbons (Fsp3) is 0.409. The van der Waals surface area contributed by atoms with E-state index < -0.39 is 23.8 Å². The van der Waals surface area contributed by atoms with Crippen molar-refractivity contribution >= 4 is 23.8 Å². The molecule has 32 heavy (non-hydrogen) atoms. The first kappa shape index (κ1) is 21.5. The maximum atomic E-state index is 13.0. The molecule has 4 rings (SSSR count). The van der Waals surface area contributed by atoms with Gasteiger partial charge in [-0.15, -0.1) is 0 Å². The molecule has 1 fully saturated rings. The van der Waals surface area contributed by atoms with Gasteiger partial charge in [-0.05, 0) is 30.7 Å². The van der Waals surface area contributed by atoms with Crippen LogP contribution in [0.15, 0.2) is 47.7 Å². The number of nitrogens with zero attached hydrogens (tertiary/aromatic N) is 5. The highest BCUT2D eigenvalue weighted by Crippen LogP contribution is 2.32. The quantitative estimate of drug-likeness (QED) is 0.544. The zero-order valence-electron chi connectivity index (χ0n) is 18.1. The molecule has 2 aromatic rings. The zero-order valence-corrected chi connectivity index (χ0v) is 18.1. The van der Waals surface area contributed by atoms with Crippen LogP contribution in [0.2, 0.25) is 0 Å². The molecular formula is C22H26N6O4. The van der Waals surface area contributed by atoms with Gasteiger partial charge in [-0.1, -0.05) is 12.1 Å². The van der Waals surface area contributed by atoms with Crippen LogP contribution in [0, 0.1) is 5.92 Å². The van der Waals surface area contributed by atoms with E-state index in [1.165, 1.54) is 0 Å². The summed E-state index contributed by atoms with van der Waals surface area (Å²) in [6.45, 7) is 4.55. The number of carbonyl (C=O) groups excluding carboxylic acids is 2. The van der Waals surface area contributed by atoms with Gasteiger partial charge in [0.1, 0.15) is 11.8 Å². The van der Waals surface area contributed by atoms with E-state index in [1.54, 1.807) is 44.6 Å². The van der Waals surface area contributed by atoms with Crippen molar-refractivity contribution < 1.29 is 19.1 Å². The molecule has 10 heteroatoms. The summed E-state index contributed by atoms with van der Waals surface area (Å²) >= 11 is 0. The fourth-order valence-corrected chi connectivity index (χ4v) is 3.84. The summed E-state index contributed by atoms with van der Waals surface area (Å²) in [5, 5.41) is 2.81. The molecule has 2 aliphatic heterocycles. The van der Waals surface area contributed by atoms with E-state index in [-0.39, 0.29) is 6.61 Å². The van der Waals surface area contributed by atoms with Crippen LogP contribution in [0.4, 0.5) is 5.95 Å². The van der Waals surface area contributed by atoms with Crippen molar-refractivity contribution in [2.75, 3.05) is 44.8 Å². The smallest absolute Gasteiger partial charge is 0.321 e. The summed E-state index contributed by atoms with van der Waals surface area (Å²) in [6.07, 6.45) is 3.43. The van der Waals surface area contributed by atoms with Crippen molar-refractivity contribution in [2.24, 2.45) is 10.9 Å². The van der Waals surface area contributed by atoms with E-state index in [0.717, 1.165) is 5.56 Å². The van der Waals surface area contributed by atoms with E-state index >= 15 is 0 Å². The van der Waals surface area contributed by atoms with Gasteiger partial charge in [-0.25, -0.2) is 15.0 Å². The van der Waals surface area contributed by atoms with Crippen molar-refractivity contribution in [3.8, 4) is 5.75 Å². The average Bonchev–Trinajstić information content (AvgIpc) is 2.84. The summed E-state index contributed by atoms with van der Waals surface area (Å²) in [4.78, 5) is 43.0. The number of ether oxygens (including phenoxy) is 2. The molecule has 10 nitrogen and oxygen atoms in total. The van der Waals surface area contributed by atoms with Gasteiger partial charge in [0.15, 0.2) is 5.92 Å². The van der Waals surface area contributed by atoms with E-state index in [1.807, 2.05) is 17.0 Å². The van der Waals surface area contributed by atoms with Crippen molar-refractivity contribution in [3.05, 3.63) is 48.3 Å².